The van der Waals surface area contributed by atoms with E-state index >= 15 is 0 Å². The van der Waals surface area contributed by atoms with Gasteiger partial charge >= 0.3 is 0 Å². The average molecular weight is 483 g/mol. The summed E-state index contributed by atoms with van der Waals surface area (Å²) in [5.41, 5.74) is 1.20. The topological polar surface area (TPSA) is 109 Å². The lowest BCUT2D eigenvalue weighted by atomic mass is 9.97. The highest BCUT2D eigenvalue weighted by atomic mass is 32.1. The van der Waals surface area contributed by atoms with E-state index in [-0.39, 0.29) is 24.0 Å². The molecule has 2 heterocycles. The summed E-state index contributed by atoms with van der Waals surface area (Å²) in [6, 6.07) is 7.60. The van der Waals surface area contributed by atoms with E-state index in [1.165, 1.54) is 23.6 Å². The fourth-order valence-corrected chi connectivity index (χ4v) is 4.77. The zero-order valence-corrected chi connectivity index (χ0v) is 19.7. The second-order valence-electron chi connectivity index (χ2n) is 8.41. The van der Waals surface area contributed by atoms with Crippen LogP contribution in [0.1, 0.15) is 52.5 Å². The second-order valence-corrected chi connectivity index (χ2v) is 9.67. The number of hydrogen-bond acceptors (Lipinski definition) is 7. The summed E-state index contributed by atoms with van der Waals surface area (Å²) < 4.78 is 13.9. The number of rotatable bonds is 9. The van der Waals surface area contributed by atoms with Crippen LogP contribution in [0.2, 0.25) is 0 Å². The lowest BCUT2D eigenvalue weighted by Crippen LogP contribution is -2.47. The number of aromatic nitrogens is 3. The Morgan fingerprint density at radius 3 is 2.76 bits per heavy atom. The molecular weight excluding hydrogens is 455 g/mol. The molecule has 178 valence electrons. The van der Waals surface area contributed by atoms with Gasteiger partial charge in [0.05, 0.1) is 18.4 Å². The zero-order chi connectivity index (χ0) is 23.9. The van der Waals surface area contributed by atoms with Gasteiger partial charge in [0.25, 0.3) is 5.91 Å². The van der Waals surface area contributed by atoms with Gasteiger partial charge in [0.15, 0.2) is 5.82 Å². The van der Waals surface area contributed by atoms with Crippen LogP contribution in [0, 0.1) is 18.7 Å². The SMILES string of the molecule is Cc1nnc(CNC(=O)[C@H](CC2CCCC2)NC(=O)c2cccc(Nc3ccncc3F)c2)s1. The van der Waals surface area contributed by atoms with E-state index in [4.69, 9.17) is 0 Å². The van der Waals surface area contributed by atoms with Crippen LogP contribution in [0.15, 0.2) is 42.7 Å². The van der Waals surface area contributed by atoms with Crippen LogP contribution in [0.3, 0.4) is 0 Å². The summed E-state index contributed by atoms with van der Waals surface area (Å²) in [4.78, 5) is 29.8. The van der Waals surface area contributed by atoms with Crippen LogP contribution in [0.5, 0.6) is 0 Å². The number of pyridine rings is 1. The van der Waals surface area contributed by atoms with Gasteiger partial charge in [0.2, 0.25) is 5.91 Å². The molecule has 0 unspecified atom stereocenters. The summed E-state index contributed by atoms with van der Waals surface area (Å²) in [6.07, 6.45) is 7.61. The van der Waals surface area contributed by atoms with Gasteiger partial charge < -0.3 is 16.0 Å². The van der Waals surface area contributed by atoms with Crippen molar-refractivity contribution >= 4 is 34.5 Å². The van der Waals surface area contributed by atoms with Crippen LogP contribution in [0.4, 0.5) is 15.8 Å². The Kier molecular flexibility index (Phi) is 7.79. The maximum atomic E-state index is 13.9. The molecule has 1 aliphatic carbocycles. The van der Waals surface area contributed by atoms with Gasteiger partial charge in [0.1, 0.15) is 16.1 Å². The number of nitrogens with one attached hydrogen (secondary N) is 3. The third-order valence-electron chi connectivity index (χ3n) is 5.82. The number of amides is 2. The molecule has 0 bridgehead atoms. The molecule has 1 atom stereocenters. The minimum atomic E-state index is -0.654. The third kappa shape index (κ3) is 6.34. The molecule has 0 spiro atoms. The quantitative estimate of drug-likeness (QED) is 0.423. The number of benzene rings is 1. The number of halogens is 1. The highest BCUT2D eigenvalue weighted by molar-refractivity contribution is 7.11. The molecular formula is C24H27FN6O2S. The predicted molar refractivity (Wildman–Crippen MR) is 128 cm³/mol. The summed E-state index contributed by atoms with van der Waals surface area (Å²) >= 11 is 1.43. The first-order chi connectivity index (χ1) is 16.5. The number of aryl methyl sites for hydroxylation is 1. The maximum absolute atomic E-state index is 13.9. The number of anilines is 2. The lowest BCUT2D eigenvalue weighted by Gasteiger charge is -2.21. The molecule has 3 aromatic rings. The first kappa shape index (κ1) is 23.7. The van der Waals surface area contributed by atoms with Gasteiger partial charge in [-0.05, 0) is 43.5 Å². The second kappa shape index (κ2) is 11.1. The maximum Gasteiger partial charge on any atom is 0.252 e. The molecule has 34 heavy (non-hydrogen) atoms. The largest absolute Gasteiger partial charge is 0.353 e. The molecule has 2 amide bonds. The summed E-state index contributed by atoms with van der Waals surface area (Å²) in [6.45, 7) is 2.14. The first-order valence-corrected chi connectivity index (χ1v) is 12.1. The molecule has 3 N–H and O–H groups in total. The Hall–Kier alpha value is -3.40. The number of carbonyl (C=O) groups excluding carboxylic acids is 2. The van der Waals surface area contributed by atoms with Crippen LogP contribution >= 0.6 is 11.3 Å². The highest BCUT2D eigenvalue weighted by Gasteiger charge is 2.27. The van der Waals surface area contributed by atoms with Crippen molar-refractivity contribution < 1.29 is 14.0 Å². The predicted octanol–water partition coefficient (Wildman–Crippen LogP) is 4.12. The number of hydrogen-bond donors (Lipinski definition) is 3. The van der Waals surface area contributed by atoms with Crippen molar-refractivity contribution in [1.82, 2.24) is 25.8 Å². The summed E-state index contributed by atoms with van der Waals surface area (Å²) in [5.74, 6) is -0.677. The Labute approximate surface area is 201 Å². The van der Waals surface area contributed by atoms with Gasteiger partial charge in [-0.2, -0.15) is 0 Å². The Bertz CT molecular complexity index is 1150. The van der Waals surface area contributed by atoms with Crippen LogP contribution in [0.25, 0.3) is 0 Å². The fourth-order valence-electron chi connectivity index (χ4n) is 4.12. The van der Waals surface area contributed by atoms with E-state index in [9.17, 15) is 14.0 Å². The fraction of sp³-hybridized carbons (Fsp3) is 0.375. The number of nitrogens with zero attached hydrogens (tertiary/aromatic N) is 3. The smallest absolute Gasteiger partial charge is 0.252 e. The van der Waals surface area contributed by atoms with E-state index in [1.807, 2.05) is 6.92 Å². The van der Waals surface area contributed by atoms with Crippen molar-refractivity contribution in [2.24, 2.45) is 5.92 Å². The third-order valence-corrected chi connectivity index (χ3v) is 6.66. The van der Waals surface area contributed by atoms with E-state index < -0.39 is 11.9 Å². The van der Waals surface area contributed by atoms with Gasteiger partial charge in [-0.3, -0.25) is 14.6 Å². The Morgan fingerprint density at radius 2 is 2.03 bits per heavy atom. The minimum Gasteiger partial charge on any atom is -0.353 e. The van der Waals surface area contributed by atoms with E-state index in [0.29, 0.717) is 23.6 Å². The van der Waals surface area contributed by atoms with Crippen molar-refractivity contribution in [3.05, 3.63) is 64.1 Å². The Balaban J connectivity index is 1.43. The summed E-state index contributed by atoms with van der Waals surface area (Å²) in [5, 5.41) is 18.3. The van der Waals surface area contributed by atoms with Crippen molar-refractivity contribution in [2.75, 3.05) is 5.32 Å². The summed E-state index contributed by atoms with van der Waals surface area (Å²) in [7, 11) is 0. The van der Waals surface area contributed by atoms with Gasteiger partial charge in [-0.25, -0.2) is 4.39 Å². The zero-order valence-electron chi connectivity index (χ0n) is 18.9. The van der Waals surface area contributed by atoms with Gasteiger partial charge in [-0.1, -0.05) is 43.1 Å². The molecule has 4 rings (SSSR count). The van der Waals surface area contributed by atoms with Crippen molar-refractivity contribution in [2.45, 2.75) is 51.6 Å². The minimum absolute atomic E-state index is 0.235. The molecule has 10 heteroatoms. The molecule has 0 saturated heterocycles. The monoisotopic (exact) mass is 482 g/mol. The standard InChI is InChI=1S/C24H27FN6O2S/c1-15-30-31-22(34-15)14-27-24(33)21(11-16-5-2-3-6-16)29-23(32)17-7-4-8-18(12-17)28-20-9-10-26-13-19(20)25/h4,7-10,12-13,16,21H,2-3,5-6,11,14H2,1H3,(H,26,28)(H,27,33)(H,29,32)/t21-/m0/s1. The molecule has 1 aliphatic rings. The molecule has 8 nitrogen and oxygen atoms in total. The van der Waals surface area contributed by atoms with Crippen LogP contribution < -0.4 is 16.0 Å². The first-order valence-electron chi connectivity index (χ1n) is 11.3. The molecule has 1 aromatic carbocycles. The van der Waals surface area contributed by atoms with E-state index in [2.05, 4.69) is 31.1 Å². The Morgan fingerprint density at radius 1 is 1.21 bits per heavy atom. The van der Waals surface area contributed by atoms with E-state index in [0.717, 1.165) is 41.9 Å². The van der Waals surface area contributed by atoms with Crippen molar-refractivity contribution in [3.63, 3.8) is 0 Å². The lowest BCUT2D eigenvalue weighted by molar-refractivity contribution is -0.123. The average Bonchev–Trinajstić information content (AvgIpc) is 3.50. The van der Waals surface area contributed by atoms with Crippen molar-refractivity contribution in [3.8, 4) is 0 Å². The van der Waals surface area contributed by atoms with E-state index in [1.54, 1.807) is 24.3 Å². The van der Waals surface area contributed by atoms with Gasteiger partial charge in [-0.15, -0.1) is 10.2 Å². The van der Waals surface area contributed by atoms with Crippen molar-refractivity contribution in [1.29, 1.82) is 0 Å². The van der Waals surface area contributed by atoms with Crippen LogP contribution in [-0.2, 0) is 11.3 Å². The molecule has 1 fully saturated rings. The normalized spacial score (nSPS) is 14.5. The molecule has 1 saturated carbocycles. The highest BCUT2D eigenvalue weighted by Crippen LogP contribution is 2.29. The molecule has 0 aliphatic heterocycles. The van der Waals surface area contributed by atoms with Gasteiger partial charge in [0, 0.05) is 17.4 Å². The number of carbonyl (C=O) groups is 2. The molecule has 2 aromatic heterocycles. The van der Waals surface area contributed by atoms with Crippen LogP contribution in [-0.4, -0.2) is 33.0 Å². The molecule has 0 radical (unpaired) electrons.